The highest BCUT2D eigenvalue weighted by atomic mass is 79.9. The zero-order valence-electron chi connectivity index (χ0n) is 7.89. The third-order valence-electron chi connectivity index (χ3n) is 2.05. The van der Waals surface area contributed by atoms with Gasteiger partial charge in [-0.05, 0) is 35.6 Å². The topological polar surface area (TPSA) is 0 Å². The van der Waals surface area contributed by atoms with Crippen LogP contribution in [0.1, 0.15) is 37.8 Å². The summed E-state index contributed by atoms with van der Waals surface area (Å²) in [5.41, 5.74) is 2.83. The molecule has 0 amide bonds. The Kier molecular flexibility index (Phi) is 3.33. The number of halogens is 1. The van der Waals surface area contributed by atoms with Crippen molar-refractivity contribution in [3.05, 3.63) is 33.8 Å². The van der Waals surface area contributed by atoms with Crippen LogP contribution >= 0.6 is 15.9 Å². The zero-order chi connectivity index (χ0) is 9.14. The third-order valence-corrected chi connectivity index (χ3v) is 2.51. The van der Waals surface area contributed by atoms with Crippen LogP contribution in [0.25, 0.3) is 0 Å². The molecule has 0 unspecified atom stereocenters. The van der Waals surface area contributed by atoms with Gasteiger partial charge >= 0.3 is 0 Å². The zero-order valence-corrected chi connectivity index (χ0v) is 9.48. The number of benzene rings is 1. The summed E-state index contributed by atoms with van der Waals surface area (Å²) < 4.78 is 1.20. The highest BCUT2D eigenvalue weighted by Gasteiger charge is 2.01. The molecule has 0 bridgehead atoms. The average molecular weight is 227 g/mol. The Hall–Kier alpha value is -0.300. The van der Waals surface area contributed by atoms with Crippen LogP contribution < -0.4 is 0 Å². The van der Waals surface area contributed by atoms with Crippen LogP contribution in [0.2, 0.25) is 0 Å². The van der Waals surface area contributed by atoms with E-state index in [1.807, 2.05) is 0 Å². The predicted molar refractivity (Wildman–Crippen MR) is 57.6 cm³/mol. The molecule has 0 aliphatic heterocycles. The van der Waals surface area contributed by atoms with E-state index in [0.29, 0.717) is 5.92 Å². The maximum atomic E-state index is 3.52. The van der Waals surface area contributed by atoms with Gasteiger partial charge in [0.25, 0.3) is 0 Å². The molecule has 1 aromatic rings. The SMILES string of the molecule is CCc1cc(Br)cc(C(C)C)c1. The number of rotatable bonds is 2. The van der Waals surface area contributed by atoms with E-state index in [1.165, 1.54) is 15.6 Å². The minimum absolute atomic E-state index is 0.618. The number of hydrogen-bond acceptors (Lipinski definition) is 0. The molecule has 1 aromatic carbocycles. The molecule has 12 heavy (non-hydrogen) atoms. The second-order valence-electron chi connectivity index (χ2n) is 3.40. The Morgan fingerprint density at radius 2 is 1.92 bits per heavy atom. The molecular weight excluding hydrogens is 212 g/mol. The van der Waals surface area contributed by atoms with Crippen molar-refractivity contribution in [1.82, 2.24) is 0 Å². The summed E-state index contributed by atoms with van der Waals surface area (Å²) >= 11 is 3.52. The first-order chi connectivity index (χ1) is 5.63. The first-order valence-corrected chi connectivity index (χ1v) is 5.22. The Balaban J connectivity index is 3.06. The van der Waals surface area contributed by atoms with E-state index in [-0.39, 0.29) is 0 Å². The van der Waals surface area contributed by atoms with E-state index in [2.05, 4.69) is 54.9 Å². The summed E-state index contributed by atoms with van der Waals surface area (Å²) in [6.45, 7) is 6.63. The fourth-order valence-electron chi connectivity index (χ4n) is 1.21. The maximum Gasteiger partial charge on any atom is 0.0180 e. The molecule has 0 aliphatic rings. The largest absolute Gasteiger partial charge is 0.0613 e. The quantitative estimate of drug-likeness (QED) is 0.712. The van der Waals surface area contributed by atoms with Crippen molar-refractivity contribution in [3.8, 4) is 0 Å². The van der Waals surface area contributed by atoms with E-state index in [0.717, 1.165) is 6.42 Å². The van der Waals surface area contributed by atoms with E-state index >= 15 is 0 Å². The summed E-state index contributed by atoms with van der Waals surface area (Å²) in [7, 11) is 0. The van der Waals surface area contributed by atoms with Gasteiger partial charge in [-0.25, -0.2) is 0 Å². The van der Waals surface area contributed by atoms with Crippen LogP contribution in [0.15, 0.2) is 22.7 Å². The lowest BCUT2D eigenvalue weighted by molar-refractivity contribution is 0.861. The Morgan fingerprint density at radius 1 is 1.25 bits per heavy atom. The third kappa shape index (κ3) is 2.34. The normalized spacial score (nSPS) is 10.8. The molecule has 0 fully saturated rings. The van der Waals surface area contributed by atoms with Gasteiger partial charge in [0.15, 0.2) is 0 Å². The van der Waals surface area contributed by atoms with Crippen LogP contribution in [-0.4, -0.2) is 0 Å². The standard InChI is InChI=1S/C11H15Br/c1-4-9-5-10(8(2)3)7-11(12)6-9/h5-8H,4H2,1-3H3. The summed E-state index contributed by atoms with van der Waals surface area (Å²) in [6.07, 6.45) is 1.11. The van der Waals surface area contributed by atoms with Crippen LogP contribution in [0.3, 0.4) is 0 Å². The molecule has 0 spiro atoms. The fourth-order valence-corrected chi connectivity index (χ4v) is 1.77. The van der Waals surface area contributed by atoms with Gasteiger partial charge in [0.05, 0.1) is 0 Å². The van der Waals surface area contributed by atoms with Crippen molar-refractivity contribution >= 4 is 15.9 Å². The molecule has 0 aromatic heterocycles. The van der Waals surface area contributed by atoms with Gasteiger partial charge in [-0.2, -0.15) is 0 Å². The molecule has 0 nitrogen and oxygen atoms in total. The molecule has 0 atom stereocenters. The van der Waals surface area contributed by atoms with Crippen molar-refractivity contribution in [2.24, 2.45) is 0 Å². The van der Waals surface area contributed by atoms with E-state index in [1.54, 1.807) is 0 Å². The number of aryl methyl sites for hydroxylation is 1. The molecule has 0 N–H and O–H groups in total. The van der Waals surface area contributed by atoms with Crippen LogP contribution in [0, 0.1) is 0 Å². The van der Waals surface area contributed by atoms with Crippen molar-refractivity contribution < 1.29 is 0 Å². The molecule has 1 heteroatoms. The highest BCUT2D eigenvalue weighted by molar-refractivity contribution is 9.10. The van der Waals surface area contributed by atoms with E-state index in [4.69, 9.17) is 0 Å². The number of hydrogen-bond donors (Lipinski definition) is 0. The minimum atomic E-state index is 0.618. The van der Waals surface area contributed by atoms with Gasteiger partial charge in [-0.1, -0.05) is 42.8 Å². The van der Waals surface area contributed by atoms with E-state index in [9.17, 15) is 0 Å². The lowest BCUT2D eigenvalue weighted by Gasteiger charge is -2.08. The fraction of sp³-hybridized carbons (Fsp3) is 0.455. The molecule has 0 heterocycles. The van der Waals surface area contributed by atoms with Crippen molar-refractivity contribution in [2.45, 2.75) is 33.1 Å². The van der Waals surface area contributed by atoms with Gasteiger partial charge < -0.3 is 0 Å². The maximum absolute atomic E-state index is 3.52. The Labute approximate surface area is 83.1 Å². The average Bonchev–Trinajstić information content (AvgIpc) is 2.03. The molecule has 0 saturated carbocycles. The summed E-state index contributed by atoms with van der Waals surface area (Å²) in [5, 5.41) is 0. The Morgan fingerprint density at radius 3 is 2.42 bits per heavy atom. The smallest absolute Gasteiger partial charge is 0.0180 e. The first kappa shape index (κ1) is 9.79. The van der Waals surface area contributed by atoms with Gasteiger partial charge in [-0.3, -0.25) is 0 Å². The molecule has 0 aliphatic carbocycles. The van der Waals surface area contributed by atoms with Crippen molar-refractivity contribution in [1.29, 1.82) is 0 Å². The van der Waals surface area contributed by atoms with Crippen LogP contribution in [0.4, 0.5) is 0 Å². The summed E-state index contributed by atoms with van der Waals surface area (Å²) in [5.74, 6) is 0.618. The first-order valence-electron chi connectivity index (χ1n) is 4.43. The van der Waals surface area contributed by atoms with Gasteiger partial charge in [0, 0.05) is 4.47 Å². The second kappa shape index (κ2) is 4.08. The molecule has 0 radical (unpaired) electrons. The molecule has 1 rings (SSSR count). The molecule has 0 saturated heterocycles. The van der Waals surface area contributed by atoms with Gasteiger partial charge in [0.1, 0.15) is 0 Å². The monoisotopic (exact) mass is 226 g/mol. The predicted octanol–water partition coefficient (Wildman–Crippen LogP) is 4.13. The summed E-state index contributed by atoms with van der Waals surface area (Å²) in [4.78, 5) is 0. The minimum Gasteiger partial charge on any atom is -0.0613 e. The lowest BCUT2D eigenvalue weighted by Crippen LogP contribution is -1.90. The van der Waals surface area contributed by atoms with Gasteiger partial charge in [0.2, 0.25) is 0 Å². The van der Waals surface area contributed by atoms with Crippen LogP contribution in [0.5, 0.6) is 0 Å². The highest BCUT2D eigenvalue weighted by Crippen LogP contribution is 2.21. The van der Waals surface area contributed by atoms with Crippen molar-refractivity contribution in [2.75, 3.05) is 0 Å². The Bertz CT molecular complexity index is 264. The molecule has 66 valence electrons. The van der Waals surface area contributed by atoms with Gasteiger partial charge in [-0.15, -0.1) is 0 Å². The second-order valence-corrected chi connectivity index (χ2v) is 4.32. The van der Waals surface area contributed by atoms with E-state index < -0.39 is 0 Å². The summed E-state index contributed by atoms with van der Waals surface area (Å²) in [6, 6.07) is 6.67. The van der Waals surface area contributed by atoms with Crippen molar-refractivity contribution in [3.63, 3.8) is 0 Å². The molecular formula is C11H15Br. The van der Waals surface area contributed by atoms with Crippen LogP contribution in [-0.2, 0) is 6.42 Å². The lowest BCUT2D eigenvalue weighted by atomic mass is 10.0.